The molecule has 0 saturated heterocycles. The summed E-state index contributed by atoms with van der Waals surface area (Å²) >= 11 is 0. The molecule has 0 atom stereocenters. The summed E-state index contributed by atoms with van der Waals surface area (Å²) in [5.41, 5.74) is 5.99. The van der Waals surface area contributed by atoms with Crippen LogP contribution in [0, 0.1) is 6.92 Å². The minimum absolute atomic E-state index is 0.183. The maximum atomic E-state index is 12.8. The molecule has 0 saturated carbocycles. The molecule has 1 aromatic heterocycles. The van der Waals surface area contributed by atoms with Crippen LogP contribution in [0.1, 0.15) is 38.2 Å². The number of aryl methyl sites for hydroxylation is 1. The average Bonchev–Trinajstić information content (AvgIpc) is 2.75. The monoisotopic (exact) mass is 435 g/mol. The van der Waals surface area contributed by atoms with Gasteiger partial charge in [-0.3, -0.25) is 4.79 Å². The topological polar surface area (TPSA) is 79.4 Å². The van der Waals surface area contributed by atoms with E-state index in [2.05, 4.69) is 16.4 Å². The van der Waals surface area contributed by atoms with Crippen LogP contribution in [0.15, 0.2) is 60.8 Å². The number of nitrogens with zero attached hydrogens (tertiary/aromatic N) is 2. The van der Waals surface area contributed by atoms with Crippen molar-refractivity contribution in [3.05, 3.63) is 94.2 Å². The second kappa shape index (κ2) is 8.61. The highest BCUT2D eigenvalue weighted by Crippen LogP contribution is 2.26. The smallest absolute Gasteiger partial charge is 0.257 e. The van der Waals surface area contributed by atoms with Gasteiger partial charge in [-0.2, -0.15) is 4.31 Å². The third-order valence-corrected chi connectivity index (χ3v) is 6.89. The lowest BCUT2D eigenvalue weighted by Crippen LogP contribution is -2.35. The summed E-state index contributed by atoms with van der Waals surface area (Å²) in [6.45, 7) is 2.82. The van der Waals surface area contributed by atoms with Crippen LogP contribution >= 0.6 is 0 Å². The van der Waals surface area contributed by atoms with Crippen molar-refractivity contribution in [2.45, 2.75) is 26.3 Å². The van der Waals surface area contributed by atoms with Gasteiger partial charge in [0.15, 0.2) is 0 Å². The quantitative estimate of drug-likeness (QED) is 0.665. The van der Waals surface area contributed by atoms with E-state index < -0.39 is 10.0 Å². The summed E-state index contributed by atoms with van der Waals surface area (Å²) in [6, 6.07) is 17.4. The van der Waals surface area contributed by atoms with Crippen LogP contribution in [-0.2, 0) is 29.4 Å². The molecule has 6 nitrogen and oxygen atoms in total. The molecule has 2 heterocycles. The number of amides is 1. The number of hydrogen-bond acceptors (Lipinski definition) is 4. The Morgan fingerprint density at radius 2 is 1.97 bits per heavy atom. The molecule has 0 radical (unpaired) electrons. The van der Waals surface area contributed by atoms with Crippen LogP contribution in [0.5, 0.6) is 0 Å². The number of carbonyl (C=O) groups excluding carboxylic acids is 1. The van der Waals surface area contributed by atoms with E-state index >= 15 is 0 Å². The lowest BCUT2D eigenvalue weighted by molar-refractivity contribution is 0.102. The molecule has 7 heteroatoms. The SMILES string of the molecule is Cc1ccc(Cc2cccc3c2CCN(S(C)(=O)=O)C3)cc1C(=O)Nc1ccccn1. The zero-order chi connectivity index (χ0) is 22.0. The molecule has 2 aromatic carbocycles. The molecule has 1 aliphatic rings. The van der Waals surface area contributed by atoms with E-state index in [1.54, 1.807) is 18.3 Å². The normalized spacial score (nSPS) is 14.1. The lowest BCUT2D eigenvalue weighted by atomic mass is 9.91. The van der Waals surface area contributed by atoms with E-state index in [0.717, 1.165) is 16.7 Å². The molecule has 0 spiro atoms. The number of hydrogen-bond donors (Lipinski definition) is 1. The van der Waals surface area contributed by atoms with Gasteiger partial charge >= 0.3 is 0 Å². The minimum Gasteiger partial charge on any atom is -0.307 e. The summed E-state index contributed by atoms with van der Waals surface area (Å²) in [6.07, 6.45) is 4.28. The van der Waals surface area contributed by atoms with E-state index in [1.807, 2.05) is 43.3 Å². The first-order chi connectivity index (χ1) is 14.8. The highest BCUT2D eigenvalue weighted by Gasteiger charge is 2.24. The van der Waals surface area contributed by atoms with Crippen LogP contribution in [0.2, 0.25) is 0 Å². The summed E-state index contributed by atoms with van der Waals surface area (Å²) in [4.78, 5) is 16.9. The summed E-state index contributed by atoms with van der Waals surface area (Å²) in [5.74, 6) is 0.335. The first-order valence-corrected chi connectivity index (χ1v) is 12.0. The van der Waals surface area contributed by atoms with Gasteiger partial charge in [-0.05, 0) is 65.8 Å². The average molecular weight is 436 g/mol. The van der Waals surface area contributed by atoms with Crippen molar-refractivity contribution in [1.82, 2.24) is 9.29 Å². The van der Waals surface area contributed by atoms with Gasteiger partial charge in [0.1, 0.15) is 5.82 Å². The number of nitrogens with one attached hydrogen (secondary N) is 1. The van der Waals surface area contributed by atoms with Gasteiger partial charge in [-0.15, -0.1) is 0 Å². The first kappa shape index (κ1) is 21.2. The maximum absolute atomic E-state index is 12.8. The number of sulfonamides is 1. The molecule has 0 bridgehead atoms. The van der Waals surface area contributed by atoms with Crippen molar-refractivity contribution < 1.29 is 13.2 Å². The van der Waals surface area contributed by atoms with Gasteiger partial charge < -0.3 is 5.32 Å². The van der Waals surface area contributed by atoms with Gasteiger partial charge in [-0.25, -0.2) is 13.4 Å². The van der Waals surface area contributed by atoms with Gasteiger partial charge in [0.25, 0.3) is 5.91 Å². The lowest BCUT2D eigenvalue weighted by Gasteiger charge is -2.28. The number of carbonyl (C=O) groups is 1. The molecular weight excluding hydrogens is 410 g/mol. The van der Waals surface area contributed by atoms with Crippen molar-refractivity contribution in [3.8, 4) is 0 Å². The Hall–Kier alpha value is -3.03. The molecule has 4 rings (SSSR count). The van der Waals surface area contributed by atoms with Crippen LogP contribution < -0.4 is 5.32 Å². The largest absolute Gasteiger partial charge is 0.307 e. The number of fused-ring (bicyclic) bond motifs is 1. The van der Waals surface area contributed by atoms with Gasteiger partial charge in [0.05, 0.1) is 6.26 Å². The number of benzene rings is 2. The predicted octanol–water partition coefficient (Wildman–Crippen LogP) is 3.55. The molecule has 1 N–H and O–H groups in total. The Bertz CT molecular complexity index is 1220. The van der Waals surface area contributed by atoms with Crippen LogP contribution in [0.4, 0.5) is 5.82 Å². The van der Waals surface area contributed by atoms with Crippen molar-refractivity contribution >= 4 is 21.7 Å². The molecule has 31 heavy (non-hydrogen) atoms. The summed E-state index contributed by atoms with van der Waals surface area (Å²) < 4.78 is 25.4. The molecule has 1 aliphatic heterocycles. The number of rotatable bonds is 5. The third-order valence-electron chi connectivity index (χ3n) is 5.64. The van der Waals surface area contributed by atoms with Crippen molar-refractivity contribution in [3.63, 3.8) is 0 Å². The summed E-state index contributed by atoms with van der Waals surface area (Å²) in [5, 5.41) is 2.85. The molecule has 0 unspecified atom stereocenters. The maximum Gasteiger partial charge on any atom is 0.257 e. The Morgan fingerprint density at radius 3 is 2.71 bits per heavy atom. The third kappa shape index (κ3) is 4.84. The zero-order valence-corrected chi connectivity index (χ0v) is 18.4. The van der Waals surface area contributed by atoms with Crippen LogP contribution in [-0.4, -0.2) is 36.4 Å². The van der Waals surface area contributed by atoms with Crippen molar-refractivity contribution in [1.29, 1.82) is 0 Å². The van der Waals surface area contributed by atoms with E-state index in [-0.39, 0.29) is 5.91 Å². The highest BCUT2D eigenvalue weighted by atomic mass is 32.2. The van der Waals surface area contributed by atoms with Crippen molar-refractivity contribution in [2.24, 2.45) is 0 Å². The van der Waals surface area contributed by atoms with E-state index in [9.17, 15) is 13.2 Å². The van der Waals surface area contributed by atoms with Crippen molar-refractivity contribution in [2.75, 3.05) is 18.1 Å². The zero-order valence-electron chi connectivity index (χ0n) is 17.6. The summed E-state index contributed by atoms with van der Waals surface area (Å²) in [7, 11) is -3.20. The Kier molecular flexibility index (Phi) is 5.89. The molecule has 160 valence electrons. The van der Waals surface area contributed by atoms with E-state index in [4.69, 9.17) is 0 Å². The van der Waals surface area contributed by atoms with Gasteiger partial charge in [0.2, 0.25) is 10.0 Å². The van der Waals surface area contributed by atoms with E-state index in [1.165, 1.54) is 21.7 Å². The molecular formula is C24H25N3O3S. The fourth-order valence-corrected chi connectivity index (χ4v) is 4.77. The standard InChI is InChI=1S/C24H25N3O3S/c1-17-9-10-18(15-22(17)24(28)26-23-8-3-4-12-25-23)14-19-6-5-7-20-16-27(31(2,29)30)13-11-21(19)20/h3-10,12,15H,11,13-14,16H2,1-2H3,(H,25,26,28). The second-order valence-corrected chi connectivity index (χ2v) is 9.88. The Morgan fingerprint density at radius 1 is 1.13 bits per heavy atom. The van der Waals surface area contributed by atoms with E-state index in [0.29, 0.717) is 37.3 Å². The molecule has 0 aliphatic carbocycles. The number of aromatic nitrogens is 1. The van der Waals surface area contributed by atoms with Gasteiger partial charge in [-0.1, -0.05) is 36.4 Å². The Balaban J connectivity index is 1.57. The number of pyridine rings is 1. The molecule has 1 amide bonds. The molecule has 3 aromatic rings. The molecule has 0 fully saturated rings. The highest BCUT2D eigenvalue weighted by molar-refractivity contribution is 7.88. The van der Waals surface area contributed by atoms with Crippen LogP contribution in [0.3, 0.4) is 0 Å². The fraction of sp³-hybridized carbons (Fsp3) is 0.250. The minimum atomic E-state index is -3.20. The van der Waals surface area contributed by atoms with Crippen LogP contribution in [0.25, 0.3) is 0 Å². The first-order valence-electron chi connectivity index (χ1n) is 10.2. The predicted molar refractivity (Wildman–Crippen MR) is 122 cm³/mol. The Labute approximate surface area is 183 Å². The van der Waals surface area contributed by atoms with Gasteiger partial charge in [0, 0.05) is 24.8 Å². The number of anilines is 1. The second-order valence-electron chi connectivity index (χ2n) is 7.90. The fourth-order valence-electron chi connectivity index (χ4n) is 3.98.